The van der Waals surface area contributed by atoms with E-state index in [4.69, 9.17) is 23.7 Å². The highest BCUT2D eigenvalue weighted by Crippen LogP contribution is 2.72. The molecule has 4 fully saturated rings. The van der Waals surface area contributed by atoms with Crippen LogP contribution in [-0.4, -0.2) is 71.9 Å². The molecule has 0 aromatic rings. The lowest BCUT2D eigenvalue weighted by Crippen LogP contribution is -2.71. The smallest absolute Gasteiger partial charge is 0.435 e. The first-order chi connectivity index (χ1) is 18.8. The molecule has 0 aromatic heterocycles. The van der Waals surface area contributed by atoms with Gasteiger partial charge in [0.1, 0.15) is 12.3 Å². The first kappa shape index (κ1) is 29.1. The molecule has 222 valence electrons. The van der Waals surface area contributed by atoms with E-state index in [1.165, 1.54) is 26.0 Å². The molecule has 11 atom stereocenters. The van der Waals surface area contributed by atoms with E-state index in [1.807, 2.05) is 6.92 Å². The van der Waals surface area contributed by atoms with Gasteiger partial charge in [0.05, 0.1) is 12.7 Å². The summed E-state index contributed by atoms with van der Waals surface area (Å²) in [6, 6.07) is 0. The summed E-state index contributed by atoms with van der Waals surface area (Å²) in [5, 5.41) is 11.6. The minimum atomic E-state index is -2.31. The molecule has 0 spiro atoms. The topological polar surface area (TPSA) is 118 Å². The van der Waals surface area contributed by atoms with Gasteiger partial charge in [0, 0.05) is 23.7 Å². The largest absolute Gasteiger partial charge is 0.511 e. The van der Waals surface area contributed by atoms with Gasteiger partial charge in [-0.2, -0.15) is 0 Å². The Morgan fingerprint density at radius 2 is 1.93 bits per heavy atom. The van der Waals surface area contributed by atoms with Crippen LogP contribution in [-0.2, 0) is 33.3 Å². The molecular weight excluding hydrogens is 530 g/mol. The number of alkyl halides is 2. The Morgan fingerprint density at radius 3 is 2.60 bits per heavy atom. The Labute approximate surface area is 232 Å². The number of hydrogen-bond donors (Lipinski definition) is 1. The number of hydrogen-bond acceptors (Lipinski definition) is 9. The summed E-state index contributed by atoms with van der Waals surface area (Å²) in [5.41, 5.74) is -6.81. The third-order valence-electron chi connectivity index (χ3n) is 10.0. The Morgan fingerprint density at radius 1 is 1.20 bits per heavy atom. The van der Waals surface area contributed by atoms with Crippen LogP contribution in [0.25, 0.3) is 0 Å². The third-order valence-corrected chi connectivity index (χ3v) is 10.0. The predicted octanol–water partition coefficient (Wildman–Crippen LogP) is 4.26. The molecule has 0 radical (unpaired) electrons. The number of aliphatic hydroxyl groups is 1. The lowest BCUT2D eigenvalue weighted by atomic mass is 9.44. The van der Waals surface area contributed by atoms with E-state index in [9.17, 15) is 19.5 Å². The summed E-state index contributed by atoms with van der Waals surface area (Å²) in [4.78, 5) is 37.9. The fourth-order valence-corrected chi connectivity index (χ4v) is 8.28. The van der Waals surface area contributed by atoms with Crippen molar-refractivity contribution < 1.29 is 52.0 Å². The molecule has 1 N–H and O–H groups in total. The molecule has 40 heavy (non-hydrogen) atoms. The lowest BCUT2D eigenvalue weighted by molar-refractivity contribution is -0.247. The summed E-state index contributed by atoms with van der Waals surface area (Å²) >= 11 is 0. The summed E-state index contributed by atoms with van der Waals surface area (Å²) < 4.78 is 61.1. The first-order valence-electron chi connectivity index (χ1n) is 14.1. The fraction of sp³-hybridized carbons (Fsp3) is 0.759. The summed E-state index contributed by atoms with van der Waals surface area (Å²) in [6.07, 6.45) is -2.56. The van der Waals surface area contributed by atoms with Crippen LogP contribution in [0, 0.1) is 22.7 Å². The van der Waals surface area contributed by atoms with E-state index >= 15 is 8.78 Å². The zero-order valence-electron chi connectivity index (χ0n) is 23.5. The van der Waals surface area contributed by atoms with Crippen LogP contribution < -0.4 is 0 Å². The number of carbonyl (C=O) groups excluding carboxylic acids is 3. The normalized spacial score (nSPS) is 45.9. The van der Waals surface area contributed by atoms with Crippen molar-refractivity contribution in [3.8, 4) is 0 Å². The predicted molar refractivity (Wildman–Crippen MR) is 135 cm³/mol. The number of esters is 1. The van der Waals surface area contributed by atoms with Gasteiger partial charge in [-0.05, 0) is 63.2 Å². The van der Waals surface area contributed by atoms with E-state index in [0.717, 1.165) is 6.08 Å². The average Bonchev–Trinajstić information content (AvgIpc) is 3.35. The minimum absolute atomic E-state index is 0.0224. The van der Waals surface area contributed by atoms with E-state index in [1.54, 1.807) is 13.8 Å². The molecule has 5 rings (SSSR count). The highest BCUT2D eigenvalue weighted by Gasteiger charge is 2.81. The average molecular weight is 569 g/mol. The second kappa shape index (κ2) is 9.87. The van der Waals surface area contributed by atoms with Gasteiger partial charge >= 0.3 is 12.1 Å². The zero-order valence-corrected chi connectivity index (χ0v) is 23.5. The van der Waals surface area contributed by atoms with E-state index in [-0.39, 0.29) is 31.4 Å². The van der Waals surface area contributed by atoms with Gasteiger partial charge in [0.2, 0.25) is 6.29 Å². The summed E-state index contributed by atoms with van der Waals surface area (Å²) in [5.74, 6) is -2.94. The molecule has 3 saturated carbocycles. The number of ketones is 1. The second-order valence-corrected chi connectivity index (χ2v) is 12.1. The highest BCUT2D eigenvalue weighted by molar-refractivity contribution is 6.01. The van der Waals surface area contributed by atoms with Gasteiger partial charge < -0.3 is 28.8 Å². The van der Waals surface area contributed by atoms with Crippen LogP contribution in [0.5, 0.6) is 0 Å². The molecule has 0 bridgehead atoms. The van der Waals surface area contributed by atoms with Crippen molar-refractivity contribution in [2.45, 2.75) is 109 Å². The van der Waals surface area contributed by atoms with Gasteiger partial charge in [-0.1, -0.05) is 26.3 Å². The number of aliphatic hydroxyl groups excluding tert-OH is 1. The lowest BCUT2D eigenvalue weighted by Gasteiger charge is -2.62. The second-order valence-electron chi connectivity index (χ2n) is 12.1. The van der Waals surface area contributed by atoms with Crippen molar-refractivity contribution in [1.82, 2.24) is 0 Å². The summed E-state index contributed by atoms with van der Waals surface area (Å²) in [7, 11) is 0. The number of halogens is 2. The maximum atomic E-state index is 17.5. The Balaban J connectivity index is 1.53. The maximum absolute atomic E-state index is 17.5. The van der Waals surface area contributed by atoms with Gasteiger partial charge in [0.25, 0.3) is 0 Å². The fourth-order valence-electron chi connectivity index (χ4n) is 8.28. The van der Waals surface area contributed by atoms with Crippen LogP contribution in [0.3, 0.4) is 0 Å². The maximum Gasteiger partial charge on any atom is 0.511 e. The van der Waals surface area contributed by atoms with Crippen LogP contribution in [0.1, 0.15) is 66.7 Å². The van der Waals surface area contributed by atoms with Crippen LogP contribution in [0.2, 0.25) is 0 Å². The van der Waals surface area contributed by atoms with E-state index in [2.05, 4.69) is 0 Å². The quantitative estimate of drug-likeness (QED) is 0.371. The highest BCUT2D eigenvalue weighted by atomic mass is 19.1. The van der Waals surface area contributed by atoms with Crippen molar-refractivity contribution in [1.29, 1.82) is 0 Å². The molecule has 1 aliphatic heterocycles. The third kappa shape index (κ3) is 3.83. The van der Waals surface area contributed by atoms with Crippen molar-refractivity contribution in [2.75, 3.05) is 6.61 Å². The van der Waals surface area contributed by atoms with Gasteiger partial charge in [-0.15, -0.1) is 0 Å². The van der Waals surface area contributed by atoms with Gasteiger partial charge in [0.15, 0.2) is 23.3 Å². The first-order valence-corrected chi connectivity index (χ1v) is 14.1. The molecule has 1 saturated heterocycles. The molecule has 9 nitrogen and oxygen atoms in total. The van der Waals surface area contributed by atoms with Gasteiger partial charge in [-0.25, -0.2) is 18.4 Å². The van der Waals surface area contributed by atoms with Crippen LogP contribution in [0.4, 0.5) is 13.6 Å². The standard InChI is InChI=1S/C29H38F2O9/c1-6-8-23-39-22-13-17-18-12-20(30)19-11-16(32)9-10-26(19,4)28(18,31)21(33)14-27(17,5)29(22,40-23)24(34)37-15(3)38-25(35)36-7-2/h9-11,15,17-18,20-23,33H,6-8,12-14H2,1-5H3/t15-,17-,18-,20-,21-,22+,23+,26-,27+,28?,29+/m0/s1. The minimum Gasteiger partial charge on any atom is -0.435 e. The molecule has 5 aliphatic rings. The molecule has 0 amide bonds. The number of allylic oxidation sites excluding steroid dienone is 4. The van der Waals surface area contributed by atoms with Crippen molar-refractivity contribution in [3.05, 3.63) is 23.8 Å². The van der Waals surface area contributed by atoms with E-state index < -0.39 is 82.8 Å². The zero-order chi connectivity index (χ0) is 29.3. The molecule has 1 unspecified atom stereocenters. The SMILES string of the molecule is CCC[C@@H]1O[C@@H]2C[C@H]3[C@@H]4C[C@H](F)C5=CC(=O)C=C[C@]5(C)C4(F)[C@@H](O)C[C@@]3(C)[C@@]2(C(=O)O[C@H](C)OC(=O)OCC)O1. The Bertz CT molecular complexity index is 1140. The Hall–Kier alpha value is -2.37. The van der Waals surface area contributed by atoms with Crippen LogP contribution >= 0.6 is 0 Å². The molecule has 11 heteroatoms. The number of carbonyl (C=O) groups is 3. The molecular formula is C29H38F2O9. The Kier molecular flexibility index (Phi) is 7.19. The van der Waals surface area contributed by atoms with E-state index in [0.29, 0.717) is 12.8 Å². The van der Waals surface area contributed by atoms with Crippen molar-refractivity contribution >= 4 is 17.9 Å². The van der Waals surface area contributed by atoms with Crippen molar-refractivity contribution in [2.24, 2.45) is 22.7 Å². The summed E-state index contributed by atoms with van der Waals surface area (Å²) in [6.45, 7) is 8.22. The van der Waals surface area contributed by atoms with Crippen LogP contribution in [0.15, 0.2) is 23.8 Å². The molecule has 0 aromatic carbocycles. The number of rotatable bonds is 6. The molecule has 4 aliphatic carbocycles. The monoisotopic (exact) mass is 568 g/mol. The number of fused-ring (bicyclic) bond motifs is 7. The van der Waals surface area contributed by atoms with Gasteiger partial charge in [-0.3, -0.25) is 4.79 Å². The molecule has 1 heterocycles. The number of ether oxygens (including phenoxy) is 5. The van der Waals surface area contributed by atoms with Crippen molar-refractivity contribution in [3.63, 3.8) is 0 Å².